The van der Waals surface area contributed by atoms with Gasteiger partial charge in [0.1, 0.15) is 5.52 Å². The Morgan fingerprint density at radius 1 is 1.21 bits per heavy atom. The topological polar surface area (TPSA) is 105 Å². The zero-order valence-corrected chi connectivity index (χ0v) is 20.3. The molecule has 0 atom stereocenters. The van der Waals surface area contributed by atoms with Gasteiger partial charge in [0.05, 0.1) is 24.1 Å². The van der Waals surface area contributed by atoms with Crippen LogP contribution in [0.4, 0.5) is 10.5 Å². The SMILES string of the molecule is COC1CCN(C(=O)N2Cc3c[nH]c4c(=O)n(C)cc(c34)-c3cc(CS(C)(=O)=O)ccc32)CC1. The number of aromatic amines is 1. The van der Waals surface area contributed by atoms with Gasteiger partial charge >= 0.3 is 6.03 Å². The van der Waals surface area contributed by atoms with Crippen LogP contribution in [0, 0.1) is 0 Å². The molecule has 1 N–H and O–H groups in total. The number of aromatic nitrogens is 2. The molecule has 1 saturated heterocycles. The van der Waals surface area contributed by atoms with Gasteiger partial charge < -0.3 is 19.2 Å². The molecule has 2 amide bonds. The number of carbonyl (C=O) groups excluding carboxylic acids is 1. The molecule has 5 rings (SSSR count). The third-order valence-electron chi connectivity index (χ3n) is 6.76. The lowest BCUT2D eigenvalue weighted by atomic mass is 9.99. The average Bonchev–Trinajstić information content (AvgIpc) is 3.17. The fourth-order valence-electron chi connectivity index (χ4n) is 5.07. The third-order valence-corrected chi connectivity index (χ3v) is 7.62. The number of piperidine rings is 1. The number of rotatable bonds is 3. The number of amides is 2. The molecule has 0 bridgehead atoms. The van der Waals surface area contributed by atoms with Crippen LogP contribution in [0.15, 0.2) is 35.4 Å². The summed E-state index contributed by atoms with van der Waals surface area (Å²) in [5, 5.41) is 0.772. The zero-order chi connectivity index (χ0) is 24.2. The molecule has 3 aromatic rings. The summed E-state index contributed by atoms with van der Waals surface area (Å²) in [5.41, 5.74) is 4.05. The molecule has 2 aromatic heterocycles. The highest BCUT2D eigenvalue weighted by Crippen LogP contribution is 2.41. The van der Waals surface area contributed by atoms with E-state index in [0.717, 1.165) is 34.9 Å². The first kappa shape index (κ1) is 22.7. The van der Waals surface area contributed by atoms with E-state index in [1.165, 1.54) is 10.8 Å². The van der Waals surface area contributed by atoms with Gasteiger partial charge in [-0.25, -0.2) is 13.2 Å². The van der Waals surface area contributed by atoms with Crippen LogP contribution in [0.25, 0.3) is 22.0 Å². The molecular formula is C24H28N4O5S. The summed E-state index contributed by atoms with van der Waals surface area (Å²) in [6.45, 7) is 1.51. The summed E-state index contributed by atoms with van der Waals surface area (Å²) >= 11 is 0. The monoisotopic (exact) mass is 484 g/mol. The molecule has 1 fully saturated rings. The maximum atomic E-state index is 13.7. The van der Waals surface area contributed by atoms with E-state index in [-0.39, 0.29) is 23.4 Å². The van der Waals surface area contributed by atoms with E-state index in [0.29, 0.717) is 36.4 Å². The standard InChI is InChI=1S/C24H28N4O5S/c1-26-13-19-18-10-15(14-34(3,31)32)4-5-20(18)28(12-16-11-25-22(21(16)19)23(26)29)24(30)27-8-6-17(33-2)7-9-27/h4-5,10-11,13,17,25H,6-9,12,14H2,1-3H3. The summed E-state index contributed by atoms with van der Waals surface area (Å²) in [6.07, 6.45) is 6.47. The second-order valence-corrected chi connectivity index (χ2v) is 11.4. The number of anilines is 1. The predicted octanol–water partition coefficient (Wildman–Crippen LogP) is 2.63. The van der Waals surface area contributed by atoms with Crippen molar-refractivity contribution in [3.8, 4) is 11.1 Å². The highest BCUT2D eigenvalue weighted by Gasteiger charge is 2.32. The first-order valence-electron chi connectivity index (χ1n) is 11.3. The number of pyridine rings is 1. The summed E-state index contributed by atoms with van der Waals surface area (Å²) in [4.78, 5) is 33.2. The first-order valence-corrected chi connectivity index (χ1v) is 13.3. The Balaban J connectivity index is 1.66. The summed E-state index contributed by atoms with van der Waals surface area (Å²) in [7, 11) is 0.135. The number of fused-ring (bicyclic) bond motifs is 2. The van der Waals surface area contributed by atoms with Crippen LogP contribution in [-0.2, 0) is 33.9 Å². The smallest absolute Gasteiger partial charge is 0.324 e. The van der Waals surface area contributed by atoms with Crippen molar-refractivity contribution in [3.05, 3.63) is 52.1 Å². The fourth-order valence-corrected chi connectivity index (χ4v) is 5.85. The summed E-state index contributed by atoms with van der Waals surface area (Å²) in [6, 6.07) is 5.30. The van der Waals surface area contributed by atoms with Gasteiger partial charge in [0, 0.05) is 62.4 Å². The van der Waals surface area contributed by atoms with Crippen molar-refractivity contribution in [2.45, 2.75) is 31.2 Å². The molecule has 0 spiro atoms. The van der Waals surface area contributed by atoms with E-state index in [2.05, 4.69) is 4.98 Å². The van der Waals surface area contributed by atoms with Gasteiger partial charge in [0.25, 0.3) is 5.56 Å². The van der Waals surface area contributed by atoms with Crippen molar-refractivity contribution < 1.29 is 17.9 Å². The van der Waals surface area contributed by atoms with E-state index < -0.39 is 9.84 Å². The van der Waals surface area contributed by atoms with Crippen LogP contribution in [0.1, 0.15) is 24.0 Å². The van der Waals surface area contributed by atoms with Gasteiger partial charge in [0.2, 0.25) is 0 Å². The second-order valence-electron chi connectivity index (χ2n) is 9.24. The van der Waals surface area contributed by atoms with E-state index >= 15 is 0 Å². The second kappa shape index (κ2) is 8.28. The lowest BCUT2D eigenvalue weighted by Gasteiger charge is -2.35. The highest BCUT2D eigenvalue weighted by molar-refractivity contribution is 7.89. The number of H-pyrrole nitrogens is 1. The summed E-state index contributed by atoms with van der Waals surface area (Å²) < 4.78 is 30.9. The maximum Gasteiger partial charge on any atom is 0.324 e. The number of ether oxygens (including phenoxy) is 1. The van der Waals surface area contributed by atoms with Crippen molar-refractivity contribution in [3.63, 3.8) is 0 Å². The molecule has 180 valence electrons. The van der Waals surface area contributed by atoms with Crippen LogP contribution >= 0.6 is 0 Å². The number of hydrogen-bond donors (Lipinski definition) is 1. The van der Waals surface area contributed by atoms with Crippen molar-refractivity contribution >= 4 is 32.5 Å². The number of carbonyl (C=O) groups is 1. The number of nitrogens with zero attached hydrogens (tertiary/aromatic N) is 3. The number of aryl methyl sites for hydroxylation is 1. The maximum absolute atomic E-state index is 13.7. The Labute approximate surface area is 197 Å². The quantitative estimate of drug-likeness (QED) is 0.615. The Hall–Kier alpha value is -3.11. The van der Waals surface area contributed by atoms with Crippen LogP contribution in [0.3, 0.4) is 0 Å². The van der Waals surface area contributed by atoms with E-state index in [1.54, 1.807) is 37.5 Å². The number of urea groups is 1. The van der Waals surface area contributed by atoms with Gasteiger partial charge in [-0.1, -0.05) is 6.07 Å². The van der Waals surface area contributed by atoms with Crippen LogP contribution in [0.5, 0.6) is 0 Å². The lowest BCUT2D eigenvalue weighted by Crippen LogP contribution is -2.47. The number of likely N-dealkylation sites (tertiary alicyclic amines) is 1. The molecule has 10 heteroatoms. The van der Waals surface area contributed by atoms with Gasteiger partial charge in [0.15, 0.2) is 9.84 Å². The first-order chi connectivity index (χ1) is 16.2. The van der Waals surface area contributed by atoms with Gasteiger partial charge in [-0.05, 0) is 36.1 Å². The van der Waals surface area contributed by atoms with Crippen LogP contribution in [0.2, 0.25) is 0 Å². The van der Waals surface area contributed by atoms with E-state index in [1.807, 2.05) is 17.0 Å². The van der Waals surface area contributed by atoms with Crippen LogP contribution < -0.4 is 10.5 Å². The molecule has 4 heterocycles. The molecule has 0 radical (unpaired) electrons. The number of sulfone groups is 1. The van der Waals surface area contributed by atoms with E-state index in [4.69, 9.17) is 4.74 Å². The molecular weight excluding hydrogens is 456 g/mol. The summed E-state index contributed by atoms with van der Waals surface area (Å²) in [5.74, 6) is -0.104. The van der Waals surface area contributed by atoms with E-state index in [9.17, 15) is 18.0 Å². The van der Waals surface area contributed by atoms with Gasteiger partial charge in [-0.3, -0.25) is 9.69 Å². The normalized spacial score (nSPS) is 16.6. The molecule has 1 aromatic carbocycles. The molecule has 2 aliphatic rings. The molecule has 0 saturated carbocycles. The van der Waals surface area contributed by atoms with Gasteiger partial charge in [-0.15, -0.1) is 0 Å². The third kappa shape index (κ3) is 3.90. The molecule has 0 aliphatic carbocycles. The number of nitrogens with one attached hydrogen (secondary N) is 1. The van der Waals surface area contributed by atoms with Crippen molar-refractivity contribution in [1.82, 2.24) is 14.5 Å². The fraction of sp³-hybridized carbons (Fsp3) is 0.417. The van der Waals surface area contributed by atoms with Crippen LogP contribution in [-0.4, -0.2) is 61.5 Å². The minimum absolute atomic E-state index is 0.104. The highest BCUT2D eigenvalue weighted by atomic mass is 32.2. The minimum atomic E-state index is -3.25. The number of methoxy groups -OCH3 is 1. The molecule has 9 nitrogen and oxygen atoms in total. The lowest BCUT2D eigenvalue weighted by molar-refractivity contribution is 0.0512. The average molecular weight is 485 g/mol. The Morgan fingerprint density at radius 2 is 1.94 bits per heavy atom. The zero-order valence-electron chi connectivity index (χ0n) is 19.5. The molecule has 2 aliphatic heterocycles. The largest absolute Gasteiger partial charge is 0.381 e. The molecule has 34 heavy (non-hydrogen) atoms. The molecule has 0 unspecified atom stereocenters. The Bertz CT molecular complexity index is 1450. The predicted molar refractivity (Wildman–Crippen MR) is 131 cm³/mol. The van der Waals surface area contributed by atoms with Crippen molar-refractivity contribution in [2.24, 2.45) is 7.05 Å². The number of benzene rings is 1. The Morgan fingerprint density at radius 3 is 2.62 bits per heavy atom. The number of hydrogen-bond acceptors (Lipinski definition) is 5. The minimum Gasteiger partial charge on any atom is -0.381 e. The van der Waals surface area contributed by atoms with Gasteiger partial charge in [-0.2, -0.15) is 0 Å². The van der Waals surface area contributed by atoms with Crippen molar-refractivity contribution in [1.29, 1.82) is 0 Å². The van der Waals surface area contributed by atoms with Crippen molar-refractivity contribution in [2.75, 3.05) is 31.4 Å². The Kier molecular flexibility index (Phi) is 5.52.